The molecular formula is C20H33N3O2. The lowest BCUT2D eigenvalue weighted by Crippen LogP contribution is -2.44. The van der Waals surface area contributed by atoms with E-state index in [4.69, 9.17) is 0 Å². The summed E-state index contributed by atoms with van der Waals surface area (Å²) in [5.41, 5.74) is 0. The molecule has 25 heavy (non-hydrogen) atoms. The van der Waals surface area contributed by atoms with Gasteiger partial charge in [0.05, 0.1) is 0 Å². The molecule has 3 atom stereocenters. The number of amides is 1. The number of carbonyl (C=O) groups is 1. The van der Waals surface area contributed by atoms with Crippen molar-refractivity contribution >= 4 is 5.91 Å². The number of aromatic nitrogens is 2. The molecule has 0 radical (unpaired) electrons. The van der Waals surface area contributed by atoms with E-state index in [2.05, 4.69) is 11.9 Å². The number of rotatable bonds is 6. The summed E-state index contributed by atoms with van der Waals surface area (Å²) in [6.45, 7) is 3.64. The van der Waals surface area contributed by atoms with Gasteiger partial charge in [-0.1, -0.05) is 32.6 Å². The van der Waals surface area contributed by atoms with Crippen molar-refractivity contribution in [1.82, 2.24) is 14.5 Å². The van der Waals surface area contributed by atoms with Gasteiger partial charge >= 0.3 is 0 Å². The zero-order chi connectivity index (χ0) is 17.8. The lowest BCUT2D eigenvalue weighted by Gasteiger charge is -2.37. The predicted molar refractivity (Wildman–Crippen MR) is 97.8 cm³/mol. The lowest BCUT2D eigenvalue weighted by atomic mass is 9.87. The Kier molecular flexibility index (Phi) is 6.15. The van der Waals surface area contributed by atoms with E-state index >= 15 is 0 Å². The van der Waals surface area contributed by atoms with Crippen molar-refractivity contribution in [2.45, 2.75) is 64.4 Å². The molecule has 1 saturated carbocycles. The highest BCUT2D eigenvalue weighted by Crippen LogP contribution is 2.34. The Morgan fingerprint density at radius 1 is 1.32 bits per heavy atom. The number of carbonyl (C=O) groups excluding carboxylic acids is 1. The van der Waals surface area contributed by atoms with Crippen LogP contribution in [0.15, 0.2) is 12.4 Å². The fraction of sp³-hybridized carbons (Fsp3) is 0.800. The molecule has 0 bridgehead atoms. The highest BCUT2D eigenvalue weighted by molar-refractivity contribution is 5.79. The first-order valence-corrected chi connectivity index (χ1v) is 10.0. The zero-order valence-corrected chi connectivity index (χ0v) is 15.7. The Morgan fingerprint density at radius 2 is 2.08 bits per heavy atom. The highest BCUT2D eigenvalue weighted by Gasteiger charge is 2.34. The van der Waals surface area contributed by atoms with Crippen molar-refractivity contribution in [3.8, 4) is 0 Å². The number of aliphatic hydroxyl groups is 1. The van der Waals surface area contributed by atoms with Crippen LogP contribution in [0.2, 0.25) is 0 Å². The maximum absolute atomic E-state index is 13.1. The minimum absolute atomic E-state index is 0.0859. The normalized spacial score (nSPS) is 24.4. The maximum Gasteiger partial charge on any atom is 0.225 e. The summed E-state index contributed by atoms with van der Waals surface area (Å²) in [5, 5.41) is 10.7. The van der Waals surface area contributed by atoms with Crippen molar-refractivity contribution in [2.75, 3.05) is 13.1 Å². The molecule has 1 N–H and O–H groups in total. The summed E-state index contributed by atoms with van der Waals surface area (Å²) < 4.78 is 1.88. The number of nitrogens with zero attached hydrogens (tertiary/aromatic N) is 3. The first-order valence-electron chi connectivity index (χ1n) is 10.0. The van der Waals surface area contributed by atoms with Crippen molar-refractivity contribution in [2.24, 2.45) is 24.8 Å². The van der Waals surface area contributed by atoms with E-state index in [1.54, 1.807) is 6.20 Å². The molecule has 5 nitrogen and oxygen atoms in total. The van der Waals surface area contributed by atoms with Crippen LogP contribution >= 0.6 is 0 Å². The minimum atomic E-state index is -0.592. The van der Waals surface area contributed by atoms with Gasteiger partial charge in [0, 0.05) is 44.4 Å². The van der Waals surface area contributed by atoms with Gasteiger partial charge in [0.25, 0.3) is 0 Å². The fourth-order valence-electron chi connectivity index (χ4n) is 4.69. The van der Waals surface area contributed by atoms with Gasteiger partial charge < -0.3 is 14.6 Å². The van der Waals surface area contributed by atoms with Crippen LogP contribution in [0.5, 0.6) is 0 Å². The smallest absolute Gasteiger partial charge is 0.225 e. The molecule has 1 aliphatic heterocycles. The molecular weight excluding hydrogens is 314 g/mol. The Hall–Kier alpha value is -1.36. The van der Waals surface area contributed by atoms with Crippen LogP contribution in [0.4, 0.5) is 0 Å². The van der Waals surface area contributed by atoms with Crippen LogP contribution in [0, 0.1) is 17.8 Å². The predicted octanol–water partition coefficient (Wildman–Crippen LogP) is 3.30. The summed E-state index contributed by atoms with van der Waals surface area (Å²) in [4.78, 5) is 19.4. The third kappa shape index (κ3) is 4.25. The van der Waals surface area contributed by atoms with E-state index in [-0.39, 0.29) is 11.8 Å². The topological polar surface area (TPSA) is 58.4 Å². The Balaban J connectivity index is 1.61. The van der Waals surface area contributed by atoms with Crippen molar-refractivity contribution < 1.29 is 9.90 Å². The molecule has 3 rings (SSSR count). The van der Waals surface area contributed by atoms with Gasteiger partial charge in [0.1, 0.15) is 11.9 Å². The molecule has 140 valence electrons. The van der Waals surface area contributed by atoms with E-state index in [0.29, 0.717) is 18.3 Å². The van der Waals surface area contributed by atoms with Crippen LogP contribution < -0.4 is 0 Å². The molecule has 0 aromatic carbocycles. The first-order chi connectivity index (χ1) is 12.1. The first kappa shape index (κ1) is 18.4. The van der Waals surface area contributed by atoms with Crippen LogP contribution in [0.3, 0.4) is 0 Å². The third-order valence-corrected chi connectivity index (χ3v) is 6.27. The monoisotopic (exact) mass is 347 g/mol. The standard InChI is InChI=1S/C20H33N3O2/c1-3-16(13-15-7-4-5-8-15)20(25)23-11-6-9-17(14-23)18(24)19-21-10-12-22(19)2/h10,12,15-18,24H,3-9,11,13-14H2,1-2H3. The van der Waals surface area contributed by atoms with Gasteiger partial charge in [0.2, 0.25) is 5.91 Å². The SMILES string of the molecule is CCC(CC1CCCC1)C(=O)N1CCCC(C(O)c2nccn2C)C1. The molecule has 1 aromatic heterocycles. The number of piperidine rings is 1. The molecule has 1 amide bonds. The quantitative estimate of drug-likeness (QED) is 0.859. The average Bonchev–Trinajstić information content (AvgIpc) is 3.30. The van der Waals surface area contributed by atoms with Gasteiger partial charge in [0.15, 0.2) is 0 Å². The Labute approximate surface area is 151 Å². The minimum Gasteiger partial charge on any atom is -0.385 e. The number of hydrogen-bond donors (Lipinski definition) is 1. The average molecular weight is 348 g/mol. The number of imidazole rings is 1. The second kappa shape index (κ2) is 8.35. The van der Waals surface area contributed by atoms with Crippen LogP contribution in [0.1, 0.15) is 70.2 Å². The number of aryl methyl sites for hydroxylation is 1. The van der Waals surface area contributed by atoms with Gasteiger partial charge in [-0.05, 0) is 31.6 Å². The maximum atomic E-state index is 13.1. The van der Waals surface area contributed by atoms with Gasteiger partial charge in [-0.2, -0.15) is 0 Å². The van der Waals surface area contributed by atoms with Crippen molar-refractivity contribution in [3.05, 3.63) is 18.2 Å². The van der Waals surface area contributed by atoms with E-state index in [0.717, 1.165) is 38.1 Å². The Bertz CT molecular complexity index is 565. The summed E-state index contributed by atoms with van der Waals surface area (Å²) in [6.07, 6.45) is 12.2. The number of aliphatic hydroxyl groups excluding tert-OH is 1. The number of hydrogen-bond acceptors (Lipinski definition) is 3. The van der Waals surface area contributed by atoms with E-state index < -0.39 is 6.10 Å². The number of likely N-dealkylation sites (tertiary alicyclic amines) is 1. The second-order valence-electron chi connectivity index (χ2n) is 8.02. The molecule has 2 fully saturated rings. The lowest BCUT2D eigenvalue weighted by molar-refractivity contribution is -0.139. The van der Waals surface area contributed by atoms with E-state index in [1.807, 2.05) is 22.7 Å². The molecule has 2 heterocycles. The fourth-order valence-corrected chi connectivity index (χ4v) is 4.69. The van der Waals surface area contributed by atoms with Crippen molar-refractivity contribution in [3.63, 3.8) is 0 Å². The zero-order valence-electron chi connectivity index (χ0n) is 15.7. The molecule has 3 unspecified atom stereocenters. The summed E-state index contributed by atoms with van der Waals surface area (Å²) in [7, 11) is 1.91. The summed E-state index contributed by atoms with van der Waals surface area (Å²) >= 11 is 0. The van der Waals surface area contributed by atoms with Gasteiger partial charge in [-0.15, -0.1) is 0 Å². The van der Waals surface area contributed by atoms with Crippen molar-refractivity contribution in [1.29, 1.82) is 0 Å². The van der Waals surface area contributed by atoms with E-state index in [9.17, 15) is 9.90 Å². The third-order valence-electron chi connectivity index (χ3n) is 6.27. The molecule has 1 aromatic rings. The van der Waals surface area contributed by atoms with Crippen LogP contribution in [0.25, 0.3) is 0 Å². The molecule has 2 aliphatic rings. The van der Waals surface area contributed by atoms with E-state index in [1.165, 1.54) is 25.7 Å². The van der Waals surface area contributed by atoms with Gasteiger partial charge in [-0.25, -0.2) is 4.98 Å². The molecule has 1 aliphatic carbocycles. The highest BCUT2D eigenvalue weighted by atomic mass is 16.3. The summed E-state index contributed by atoms with van der Waals surface area (Å²) in [5.74, 6) is 2.01. The molecule has 0 spiro atoms. The Morgan fingerprint density at radius 3 is 2.72 bits per heavy atom. The van der Waals surface area contributed by atoms with Crippen LogP contribution in [-0.4, -0.2) is 38.6 Å². The molecule has 1 saturated heterocycles. The molecule has 5 heteroatoms. The van der Waals surface area contributed by atoms with Gasteiger partial charge in [-0.3, -0.25) is 4.79 Å². The summed E-state index contributed by atoms with van der Waals surface area (Å²) in [6, 6.07) is 0. The largest absolute Gasteiger partial charge is 0.385 e. The van der Waals surface area contributed by atoms with Crippen LogP contribution in [-0.2, 0) is 11.8 Å². The second-order valence-corrected chi connectivity index (χ2v) is 8.02.